The van der Waals surface area contributed by atoms with Gasteiger partial charge in [0.15, 0.2) is 0 Å². The van der Waals surface area contributed by atoms with Gasteiger partial charge in [0.25, 0.3) is 5.91 Å². The van der Waals surface area contributed by atoms with Crippen LogP contribution in [0.3, 0.4) is 0 Å². The molecular formula is C8H16N2O3. The van der Waals surface area contributed by atoms with Crippen LogP contribution in [0.4, 0.5) is 0 Å². The van der Waals surface area contributed by atoms with Crippen LogP contribution in [0.15, 0.2) is 0 Å². The number of methoxy groups -OCH3 is 1. The van der Waals surface area contributed by atoms with Crippen molar-refractivity contribution in [3.63, 3.8) is 0 Å². The second kappa shape index (κ2) is 4.81. The Kier molecular flexibility index (Phi) is 4.40. The molecule has 0 aromatic heterocycles. The van der Waals surface area contributed by atoms with Crippen molar-refractivity contribution in [2.24, 2.45) is 5.73 Å². The first-order valence-electron chi connectivity index (χ1n) is 4.02. The van der Waals surface area contributed by atoms with Gasteiger partial charge in [-0.3, -0.25) is 9.59 Å². The Bertz CT molecular complexity index is 202. The number of ether oxygens (including phenoxy) is 1. The lowest BCUT2D eigenvalue weighted by Crippen LogP contribution is -2.44. The van der Waals surface area contributed by atoms with Crippen LogP contribution in [-0.2, 0) is 14.3 Å². The summed E-state index contributed by atoms with van der Waals surface area (Å²) in [4.78, 5) is 21.6. The molecule has 5 heteroatoms. The van der Waals surface area contributed by atoms with Gasteiger partial charge in [-0.15, -0.1) is 0 Å². The van der Waals surface area contributed by atoms with Crippen LogP contribution in [0.2, 0.25) is 0 Å². The van der Waals surface area contributed by atoms with Gasteiger partial charge < -0.3 is 15.8 Å². The Morgan fingerprint density at radius 1 is 1.46 bits per heavy atom. The minimum atomic E-state index is -0.863. The number of amides is 2. The number of carbonyl (C=O) groups excluding carboxylic acids is 2. The Hall–Kier alpha value is -1.10. The highest BCUT2D eigenvalue weighted by atomic mass is 16.5. The molecule has 5 nitrogen and oxygen atoms in total. The van der Waals surface area contributed by atoms with E-state index in [1.54, 1.807) is 13.8 Å². The van der Waals surface area contributed by atoms with Gasteiger partial charge in [-0.1, -0.05) is 0 Å². The highest BCUT2D eigenvalue weighted by Gasteiger charge is 2.26. The zero-order valence-corrected chi connectivity index (χ0v) is 8.22. The summed E-state index contributed by atoms with van der Waals surface area (Å²) in [5, 5.41) is 2.54. The molecule has 0 radical (unpaired) electrons. The monoisotopic (exact) mass is 188 g/mol. The average Bonchev–Trinajstić information content (AvgIpc) is 2.03. The molecule has 0 heterocycles. The lowest BCUT2D eigenvalue weighted by molar-refractivity contribution is -0.139. The van der Waals surface area contributed by atoms with Crippen molar-refractivity contribution in [3.05, 3.63) is 0 Å². The molecule has 0 fully saturated rings. The minimum Gasteiger partial charge on any atom is -0.370 e. The fourth-order valence-corrected chi connectivity index (χ4v) is 0.605. The smallest absolute Gasteiger partial charge is 0.251 e. The maximum absolute atomic E-state index is 11.3. The second-order valence-electron chi connectivity index (χ2n) is 3.19. The molecular weight excluding hydrogens is 172 g/mol. The molecule has 0 aliphatic carbocycles. The van der Waals surface area contributed by atoms with Crippen molar-refractivity contribution >= 4 is 11.8 Å². The molecule has 0 aliphatic heterocycles. The van der Waals surface area contributed by atoms with E-state index < -0.39 is 11.5 Å². The fourth-order valence-electron chi connectivity index (χ4n) is 0.605. The van der Waals surface area contributed by atoms with Crippen molar-refractivity contribution in [1.29, 1.82) is 0 Å². The average molecular weight is 188 g/mol. The maximum Gasteiger partial charge on any atom is 0.251 e. The summed E-state index contributed by atoms with van der Waals surface area (Å²) in [7, 11) is 1.45. The van der Waals surface area contributed by atoms with Crippen LogP contribution in [0, 0.1) is 0 Å². The molecule has 0 rings (SSSR count). The molecule has 0 aromatic rings. The Labute approximate surface area is 77.6 Å². The van der Waals surface area contributed by atoms with Gasteiger partial charge in [-0.2, -0.15) is 0 Å². The summed E-state index contributed by atoms with van der Waals surface area (Å²) in [5.41, 5.74) is 4.04. The molecule has 0 saturated heterocycles. The van der Waals surface area contributed by atoms with E-state index in [1.807, 2.05) is 0 Å². The van der Waals surface area contributed by atoms with Gasteiger partial charge in [-0.25, -0.2) is 0 Å². The molecule has 0 spiro atoms. The first kappa shape index (κ1) is 11.9. The Balaban J connectivity index is 3.81. The fraction of sp³-hybridized carbons (Fsp3) is 0.750. The molecule has 0 unspecified atom stereocenters. The van der Waals surface area contributed by atoms with Crippen LogP contribution in [-0.4, -0.2) is 31.1 Å². The third kappa shape index (κ3) is 4.47. The van der Waals surface area contributed by atoms with Gasteiger partial charge in [0.1, 0.15) is 5.60 Å². The van der Waals surface area contributed by atoms with E-state index in [2.05, 4.69) is 5.32 Å². The summed E-state index contributed by atoms with van der Waals surface area (Å²) in [6, 6.07) is 0. The van der Waals surface area contributed by atoms with Crippen molar-refractivity contribution in [3.8, 4) is 0 Å². The maximum atomic E-state index is 11.3. The van der Waals surface area contributed by atoms with Crippen LogP contribution in [0.5, 0.6) is 0 Å². The van der Waals surface area contributed by atoms with Gasteiger partial charge >= 0.3 is 0 Å². The first-order chi connectivity index (χ1) is 5.90. The Morgan fingerprint density at radius 2 is 2.00 bits per heavy atom. The number of carbonyl (C=O) groups is 2. The standard InChI is InChI=1S/C8H16N2O3/c1-8(2,13-3)7(12)10-5-4-6(9)11/h4-5H2,1-3H3,(H2,9,11)(H,10,12). The molecule has 0 atom stereocenters. The van der Waals surface area contributed by atoms with E-state index >= 15 is 0 Å². The quantitative estimate of drug-likeness (QED) is 0.604. The number of hydrogen-bond donors (Lipinski definition) is 2. The molecule has 0 bridgehead atoms. The number of nitrogens with two attached hydrogens (primary N) is 1. The van der Waals surface area contributed by atoms with E-state index in [-0.39, 0.29) is 18.9 Å². The van der Waals surface area contributed by atoms with Crippen molar-refractivity contribution in [1.82, 2.24) is 5.32 Å². The summed E-state index contributed by atoms with van der Waals surface area (Å²) >= 11 is 0. The second-order valence-corrected chi connectivity index (χ2v) is 3.19. The van der Waals surface area contributed by atoms with Crippen molar-refractivity contribution < 1.29 is 14.3 Å². The van der Waals surface area contributed by atoms with E-state index in [4.69, 9.17) is 10.5 Å². The van der Waals surface area contributed by atoms with Gasteiger partial charge in [-0.05, 0) is 13.8 Å². The third-order valence-corrected chi connectivity index (χ3v) is 1.71. The van der Waals surface area contributed by atoms with E-state index in [1.165, 1.54) is 7.11 Å². The SMILES string of the molecule is COC(C)(C)C(=O)NCCC(N)=O. The van der Waals surface area contributed by atoms with Crippen LogP contribution >= 0.6 is 0 Å². The molecule has 13 heavy (non-hydrogen) atoms. The predicted molar refractivity (Wildman–Crippen MR) is 47.9 cm³/mol. The molecule has 0 aromatic carbocycles. The van der Waals surface area contributed by atoms with Gasteiger partial charge in [0.05, 0.1) is 0 Å². The van der Waals surface area contributed by atoms with Crippen LogP contribution in [0.25, 0.3) is 0 Å². The first-order valence-corrected chi connectivity index (χ1v) is 4.02. The summed E-state index contributed by atoms with van der Waals surface area (Å²) < 4.78 is 4.93. The number of primary amides is 1. The van der Waals surface area contributed by atoms with E-state index in [9.17, 15) is 9.59 Å². The largest absolute Gasteiger partial charge is 0.370 e. The summed E-state index contributed by atoms with van der Waals surface area (Å²) in [6.45, 7) is 3.54. The third-order valence-electron chi connectivity index (χ3n) is 1.71. The number of rotatable bonds is 5. The zero-order chi connectivity index (χ0) is 10.5. The molecule has 2 amide bonds. The van der Waals surface area contributed by atoms with Crippen molar-refractivity contribution in [2.75, 3.05) is 13.7 Å². The molecule has 0 saturated carbocycles. The minimum absolute atomic E-state index is 0.144. The Morgan fingerprint density at radius 3 is 2.38 bits per heavy atom. The van der Waals surface area contributed by atoms with Gasteiger partial charge in [0.2, 0.25) is 5.91 Å². The van der Waals surface area contributed by atoms with Crippen LogP contribution < -0.4 is 11.1 Å². The predicted octanol–water partition coefficient (Wildman–Crippen LogP) is -0.597. The summed E-state index contributed by atoms with van der Waals surface area (Å²) in [6.07, 6.45) is 0.144. The van der Waals surface area contributed by atoms with Crippen LogP contribution in [0.1, 0.15) is 20.3 Å². The lowest BCUT2D eigenvalue weighted by Gasteiger charge is -2.21. The zero-order valence-electron chi connectivity index (χ0n) is 8.22. The number of hydrogen-bond acceptors (Lipinski definition) is 3. The lowest BCUT2D eigenvalue weighted by atomic mass is 10.1. The molecule has 3 N–H and O–H groups in total. The van der Waals surface area contributed by atoms with Crippen molar-refractivity contribution in [2.45, 2.75) is 25.9 Å². The van der Waals surface area contributed by atoms with E-state index in [0.717, 1.165) is 0 Å². The summed E-state index contributed by atoms with van der Waals surface area (Å²) in [5.74, 6) is -0.688. The molecule has 0 aliphatic rings. The van der Waals surface area contributed by atoms with Gasteiger partial charge in [0, 0.05) is 20.1 Å². The topological polar surface area (TPSA) is 81.4 Å². The normalized spacial score (nSPS) is 11.0. The van der Waals surface area contributed by atoms with E-state index in [0.29, 0.717) is 0 Å². The molecule has 76 valence electrons. The number of nitrogens with one attached hydrogen (secondary N) is 1. The highest BCUT2D eigenvalue weighted by molar-refractivity contribution is 5.84. The highest BCUT2D eigenvalue weighted by Crippen LogP contribution is 2.06.